The number of halogens is 1. The molecule has 0 aliphatic heterocycles. The third kappa shape index (κ3) is 4.71. The van der Waals surface area contributed by atoms with Crippen LogP contribution in [-0.4, -0.2) is 39.5 Å². The molecule has 0 heterocycles. The Balaban J connectivity index is 2.74. The largest absolute Gasteiger partial charge is 0.326 e. The second kappa shape index (κ2) is 7.38. The molecule has 0 aromatic heterocycles. The molecule has 0 saturated carbocycles. The topological polar surface area (TPSA) is 75.4 Å². The van der Waals surface area contributed by atoms with Crippen LogP contribution in [0.1, 0.15) is 19.4 Å². The van der Waals surface area contributed by atoms with Crippen LogP contribution in [0.3, 0.4) is 0 Å². The maximum Gasteiger partial charge on any atom is 0.240 e. The molecule has 0 aliphatic carbocycles. The molecule has 7 heteroatoms. The fraction of sp³-hybridized carbons (Fsp3) is 0.538. The van der Waals surface area contributed by atoms with Gasteiger partial charge in [-0.15, -0.1) is 0 Å². The van der Waals surface area contributed by atoms with E-state index in [9.17, 15) is 8.42 Å². The van der Waals surface area contributed by atoms with Gasteiger partial charge in [0.2, 0.25) is 10.0 Å². The molecule has 3 N–H and O–H groups in total. The van der Waals surface area contributed by atoms with Gasteiger partial charge in [-0.3, -0.25) is 0 Å². The summed E-state index contributed by atoms with van der Waals surface area (Å²) < 4.78 is 26.9. The van der Waals surface area contributed by atoms with Gasteiger partial charge in [-0.25, -0.2) is 13.1 Å². The maximum absolute atomic E-state index is 12.1. The molecular weight excluding hydrogens is 298 g/mol. The number of nitrogens with two attached hydrogens (primary N) is 1. The van der Waals surface area contributed by atoms with E-state index in [1.165, 1.54) is 12.1 Å². The van der Waals surface area contributed by atoms with Crippen molar-refractivity contribution in [3.63, 3.8) is 0 Å². The van der Waals surface area contributed by atoms with Crippen molar-refractivity contribution >= 4 is 21.6 Å². The Morgan fingerprint density at radius 1 is 1.40 bits per heavy atom. The van der Waals surface area contributed by atoms with Gasteiger partial charge in [0.25, 0.3) is 0 Å². The molecule has 0 amide bonds. The van der Waals surface area contributed by atoms with Gasteiger partial charge < -0.3 is 10.6 Å². The van der Waals surface area contributed by atoms with E-state index < -0.39 is 10.0 Å². The van der Waals surface area contributed by atoms with Crippen LogP contribution in [0.25, 0.3) is 0 Å². The lowest BCUT2D eigenvalue weighted by atomic mass is 10.2. The van der Waals surface area contributed by atoms with Crippen molar-refractivity contribution in [3.8, 4) is 0 Å². The number of hydrogen-bond donors (Lipinski definition) is 2. The van der Waals surface area contributed by atoms with Gasteiger partial charge in [0, 0.05) is 30.7 Å². The number of rotatable bonds is 7. The fourth-order valence-electron chi connectivity index (χ4n) is 1.57. The van der Waals surface area contributed by atoms with Crippen molar-refractivity contribution in [3.05, 3.63) is 28.8 Å². The van der Waals surface area contributed by atoms with Crippen LogP contribution >= 0.6 is 11.6 Å². The highest BCUT2D eigenvalue weighted by atomic mass is 35.5. The van der Waals surface area contributed by atoms with E-state index in [1.54, 1.807) is 6.07 Å². The number of hydrogen-bond acceptors (Lipinski definition) is 4. The highest BCUT2D eigenvalue weighted by molar-refractivity contribution is 7.89. The summed E-state index contributed by atoms with van der Waals surface area (Å²) in [5, 5.41) is 0.478. The summed E-state index contributed by atoms with van der Waals surface area (Å²) in [6.45, 7) is 5.33. The summed E-state index contributed by atoms with van der Waals surface area (Å²) in [6, 6.07) is 4.92. The van der Waals surface area contributed by atoms with Gasteiger partial charge >= 0.3 is 0 Å². The highest BCUT2D eigenvalue weighted by Crippen LogP contribution is 2.19. The Morgan fingerprint density at radius 2 is 2.05 bits per heavy atom. The number of likely N-dealkylation sites (N-methyl/N-ethyl adjacent to an activating group) is 1. The summed E-state index contributed by atoms with van der Waals surface area (Å²) in [5.41, 5.74) is 6.15. The minimum atomic E-state index is -3.52. The van der Waals surface area contributed by atoms with E-state index in [0.717, 1.165) is 0 Å². The van der Waals surface area contributed by atoms with Crippen LogP contribution < -0.4 is 10.5 Å². The number of sulfonamides is 1. The van der Waals surface area contributed by atoms with E-state index in [1.807, 2.05) is 7.05 Å². The van der Waals surface area contributed by atoms with Crippen molar-refractivity contribution in [2.24, 2.45) is 5.73 Å². The molecule has 0 bridgehead atoms. The molecule has 20 heavy (non-hydrogen) atoms. The van der Waals surface area contributed by atoms with E-state index in [0.29, 0.717) is 29.7 Å². The van der Waals surface area contributed by atoms with Crippen LogP contribution in [0.4, 0.5) is 0 Å². The van der Waals surface area contributed by atoms with E-state index in [2.05, 4.69) is 23.5 Å². The minimum Gasteiger partial charge on any atom is -0.326 e. The van der Waals surface area contributed by atoms with Gasteiger partial charge in [0.1, 0.15) is 0 Å². The highest BCUT2D eigenvalue weighted by Gasteiger charge is 2.15. The molecule has 0 atom stereocenters. The Bertz CT molecular complexity index is 547. The zero-order chi connectivity index (χ0) is 15.3. The standard InChI is InChI=1S/C13H22ClN3O2S/c1-10(2)17(3)7-6-16-20(18,19)12-4-5-13(14)11(8-12)9-15/h4-5,8,10,16H,6-7,9,15H2,1-3H3. The summed E-state index contributed by atoms with van der Waals surface area (Å²) in [5.74, 6) is 0. The molecule has 1 aromatic rings. The van der Waals surface area contributed by atoms with Crippen molar-refractivity contribution < 1.29 is 8.42 Å². The molecule has 0 radical (unpaired) electrons. The van der Waals surface area contributed by atoms with Gasteiger partial charge in [0.15, 0.2) is 0 Å². The molecule has 1 aromatic carbocycles. The summed E-state index contributed by atoms with van der Waals surface area (Å²) in [4.78, 5) is 2.25. The number of benzene rings is 1. The maximum atomic E-state index is 12.1. The SMILES string of the molecule is CC(C)N(C)CCNS(=O)(=O)c1ccc(Cl)c(CN)c1. The lowest BCUT2D eigenvalue weighted by molar-refractivity contribution is 0.278. The first-order chi connectivity index (χ1) is 9.27. The van der Waals surface area contributed by atoms with E-state index in [-0.39, 0.29) is 11.4 Å². The Labute approximate surface area is 126 Å². The molecule has 0 spiro atoms. The van der Waals surface area contributed by atoms with Crippen LogP contribution in [0, 0.1) is 0 Å². The first-order valence-electron chi connectivity index (χ1n) is 6.46. The Hall–Kier alpha value is -0.660. The van der Waals surface area contributed by atoms with Gasteiger partial charge in [-0.05, 0) is 44.7 Å². The van der Waals surface area contributed by atoms with Crippen LogP contribution in [-0.2, 0) is 16.6 Å². The second-order valence-corrected chi connectivity index (χ2v) is 7.10. The summed E-state index contributed by atoms with van der Waals surface area (Å²) in [7, 11) is -1.57. The molecule has 0 aliphatic rings. The zero-order valence-electron chi connectivity index (χ0n) is 12.1. The molecule has 114 valence electrons. The lowest BCUT2D eigenvalue weighted by Crippen LogP contribution is -2.36. The van der Waals surface area contributed by atoms with Gasteiger partial charge in [-0.2, -0.15) is 0 Å². The predicted octanol–water partition coefficient (Wildman–Crippen LogP) is 1.42. The molecular formula is C13H22ClN3O2S. The van der Waals surface area contributed by atoms with Crippen molar-refractivity contribution in [2.75, 3.05) is 20.1 Å². The van der Waals surface area contributed by atoms with E-state index in [4.69, 9.17) is 17.3 Å². The first-order valence-corrected chi connectivity index (χ1v) is 8.32. The molecule has 1 rings (SSSR count). The summed E-state index contributed by atoms with van der Waals surface area (Å²) >= 11 is 5.93. The fourth-order valence-corrected chi connectivity index (χ4v) is 2.84. The first kappa shape index (κ1) is 17.4. The normalized spacial score (nSPS) is 12.3. The monoisotopic (exact) mass is 319 g/mol. The predicted molar refractivity (Wildman–Crippen MR) is 82.3 cm³/mol. The molecule has 0 unspecified atom stereocenters. The van der Waals surface area contributed by atoms with Gasteiger partial charge in [0.05, 0.1) is 4.90 Å². The van der Waals surface area contributed by atoms with Crippen LogP contribution in [0.2, 0.25) is 5.02 Å². The lowest BCUT2D eigenvalue weighted by Gasteiger charge is -2.20. The van der Waals surface area contributed by atoms with Crippen molar-refractivity contribution in [2.45, 2.75) is 31.3 Å². The summed E-state index contributed by atoms with van der Waals surface area (Å²) in [6.07, 6.45) is 0. The van der Waals surface area contributed by atoms with Crippen molar-refractivity contribution in [1.82, 2.24) is 9.62 Å². The number of nitrogens with zero attached hydrogens (tertiary/aromatic N) is 1. The third-order valence-corrected chi connectivity index (χ3v) is 5.01. The average Bonchev–Trinajstić information content (AvgIpc) is 2.38. The minimum absolute atomic E-state index is 0.189. The quantitative estimate of drug-likeness (QED) is 0.797. The average molecular weight is 320 g/mol. The van der Waals surface area contributed by atoms with E-state index >= 15 is 0 Å². The van der Waals surface area contributed by atoms with Crippen LogP contribution in [0.15, 0.2) is 23.1 Å². The Morgan fingerprint density at radius 3 is 2.60 bits per heavy atom. The molecule has 0 saturated heterocycles. The van der Waals surface area contributed by atoms with Gasteiger partial charge in [-0.1, -0.05) is 11.6 Å². The number of nitrogens with one attached hydrogen (secondary N) is 1. The van der Waals surface area contributed by atoms with Crippen LogP contribution in [0.5, 0.6) is 0 Å². The molecule has 5 nitrogen and oxygen atoms in total. The van der Waals surface area contributed by atoms with Crippen molar-refractivity contribution in [1.29, 1.82) is 0 Å². The zero-order valence-corrected chi connectivity index (χ0v) is 13.6. The second-order valence-electron chi connectivity index (χ2n) is 4.93. The molecule has 0 fully saturated rings. The third-order valence-electron chi connectivity index (χ3n) is 3.19. The Kier molecular flexibility index (Phi) is 6.42. The smallest absolute Gasteiger partial charge is 0.240 e.